The van der Waals surface area contributed by atoms with Crippen molar-refractivity contribution < 1.29 is 9.18 Å². The molecule has 1 aliphatic carbocycles. The molecule has 1 fully saturated rings. The number of nitrogens with two attached hydrogens (primary N) is 1. The molecule has 2 aliphatic rings. The summed E-state index contributed by atoms with van der Waals surface area (Å²) < 4.78 is 16.2. The summed E-state index contributed by atoms with van der Waals surface area (Å²) in [5, 5.41) is 0.762. The molecule has 1 saturated heterocycles. The van der Waals surface area contributed by atoms with Crippen molar-refractivity contribution in [1.29, 1.82) is 0 Å². The van der Waals surface area contributed by atoms with E-state index in [0.717, 1.165) is 73.0 Å². The van der Waals surface area contributed by atoms with Gasteiger partial charge in [0, 0.05) is 25.7 Å². The molecule has 0 bridgehead atoms. The van der Waals surface area contributed by atoms with Gasteiger partial charge in [0.15, 0.2) is 0 Å². The smallest absolute Gasteiger partial charge is 0.245 e. The summed E-state index contributed by atoms with van der Waals surface area (Å²) in [6.07, 6.45) is 10.1. The Morgan fingerprint density at radius 2 is 2.03 bits per heavy atom. The monoisotopic (exact) mass is 445 g/mol. The van der Waals surface area contributed by atoms with Crippen LogP contribution in [0.1, 0.15) is 37.8 Å². The van der Waals surface area contributed by atoms with E-state index < -0.39 is 0 Å². The van der Waals surface area contributed by atoms with Crippen LogP contribution in [0.15, 0.2) is 49.3 Å². The second-order valence-corrected chi connectivity index (χ2v) is 9.21. The molecule has 5 rings (SSSR count). The SMILES string of the molecule is C=CC(=O)N1CCC2(CC=C(c3c(-c4cccc(F)c4)c4c(N)ncnc4n3C)CC2)CC1. The molecule has 1 amide bonds. The number of fused-ring (bicyclic) bond motifs is 1. The lowest BCUT2D eigenvalue weighted by Gasteiger charge is -2.43. The van der Waals surface area contributed by atoms with Crippen LogP contribution in [-0.4, -0.2) is 38.4 Å². The molecule has 0 atom stereocenters. The van der Waals surface area contributed by atoms with Gasteiger partial charge < -0.3 is 15.2 Å². The van der Waals surface area contributed by atoms with Gasteiger partial charge in [0.1, 0.15) is 23.6 Å². The largest absolute Gasteiger partial charge is 0.383 e. The summed E-state index contributed by atoms with van der Waals surface area (Å²) >= 11 is 0. The molecule has 2 aromatic heterocycles. The van der Waals surface area contributed by atoms with Crippen LogP contribution in [0.3, 0.4) is 0 Å². The zero-order chi connectivity index (χ0) is 23.2. The lowest BCUT2D eigenvalue weighted by atomic mass is 9.68. The van der Waals surface area contributed by atoms with E-state index in [4.69, 9.17) is 5.73 Å². The minimum atomic E-state index is -0.289. The predicted molar refractivity (Wildman–Crippen MR) is 129 cm³/mol. The van der Waals surface area contributed by atoms with Gasteiger partial charge in [-0.05, 0) is 66.9 Å². The average Bonchev–Trinajstić information content (AvgIpc) is 3.13. The second-order valence-electron chi connectivity index (χ2n) is 9.21. The molecule has 7 heteroatoms. The Kier molecular flexibility index (Phi) is 5.27. The number of nitrogens with zero attached hydrogens (tertiary/aromatic N) is 4. The van der Waals surface area contributed by atoms with Gasteiger partial charge in [-0.25, -0.2) is 14.4 Å². The molecule has 0 radical (unpaired) electrons. The van der Waals surface area contributed by atoms with Crippen molar-refractivity contribution in [1.82, 2.24) is 19.4 Å². The third-order valence-corrected chi connectivity index (χ3v) is 7.43. The molecule has 1 spiro atoms. The first-order valence-electron chi connectivity index (χ1n) is 11.4. The molecule has 1 aromatic carbocycles. The molecule has 6 nitrogen and oxygen atoms in total. The number of aromatic nitrogens is 3. The van der Waals surface area contributed by atoms with Gasteiger partial charge in [-0.1, -0.05) is 24.8 Å². The van der Waals surface area contributed by atoms with Crippen LogP contribution in [0.2, 0.25) is 0 Å². The fraction of sp³-hybridized carbons (Fsp3) is 0.346. The van der Waals surface area contributed by atoms with Gasteiger partial charge in [0.05, 0.1) is 11.1 Å². The number of piperidine rings is 1. The summed E-state index contributed by atoms with van der Waals surface area (Å²) in [6, 6.07) is 6.62. The van der Waals surface area contributed by atoms with Gasteiger partial charge in [-0.3, -0.25) is 4.79 Å². The number of nitrogen functional groups attached to an aromatic ring is 1. The number of likely N-dealkylation sites (tertiary alicyclic amines) is 1. The molecule has 0 unspecified atom stereocenters. The first-order valence-corrected chi connectivity index (χ1v) is 11.4. The number of amides is 1. The number of halogens is 1. The van der Waals surface area contributed by atoms with Crippen molar-refractivity contribution in [3.8, 4) is 11.1 Å². The van der Waals surface area contributed by atoms with E-state index in [1.807, 2.05) is 18.0 Å². The Hall–Kier alpha value is -3.48. The minimum absolute atomic E-state index is 0.0193. The highest BCUT2D eigenvalue weighted by Crippen LogP contribution is 2.48. The van der Waals surface area contributed by atoms with Gasteiger partial charge in [-0.15, -0.1) is 0 Å². The maximum Gasteiger partial charge on any atom is 0.245 e. The van der Waals surface area contributed by atoms with Crippen LogP contribution < -0.4 is 5.73 Å². The normalized spacial score (nSPS) is 17.9. The Morgan fingerprint density at radius 1 is 1.24 bits per heavy atom. The number of allylic oxidation sites excluding steroid dienone is 2. The predicted octanol–water partition coefficient (Wildman–Crippen LogP) is 4.72. The molecule has 2 N–H and O–H groups in total. The standard InChI is InChI=1S/C26H28FN5O/c1-3-20(33)32-13-11-26(12-14-32)9-7-17(8-10-26)23-21(18-5-4-6-19(27)15-18)22-24(28)29-16-30-25(22)31(23)2/h3-7,15-16H,1,8-14H2,2H3,(H2,28,29,30). The molecule has 0 saturated carbocycles. The lowest BCUT2D eigenvalue weighted by Crippen LogP contribution is -2.43. The fourth-order valence-electron chi connectivity index (χ4n) is 5.52. The average molecular weight is 446 g/mol. The van der Waals surface area contributed by atoms with Crippen molar-refractivity contribution in [2.45, 2.75) is 32.1 Å². The number of anilines is 1. The first kappa shape index (κ1) is 21.4. The molecule has 33 heavy (non-hydrogen) atoms. The summed E-state index contributed by atoms with van der Waals surface area (Å²) in [6.45, 7) is 5.17. The summed E-state index contributed by atoms with van der Waals surface area (Å²) in [4.78, 5) is 22.6. The van der Waals surface area contributed by atoms with Crippen LogP contribution in [0, 0.1) is 11.2 Å². The number of aryl methyl sites for hydroxylation is 1. The van der Waals surface area contributed by atoms with Crippen LogP contribution in [0.25, 0.3) is 27.7 Å². The van der Waals surface area contributed by atoms with Crippen molar-refractivity contribution >= 4 is 28.3 Å². The van der Waals surface area contributed by atoms with Crippen LogP contribution in [0.4, 0.5) is 10.2 Å². The highest BCUT2D eigenvalue weighted by molar-refractivity contribution is 6.05. The van der Waals surface area contributed by atoms with E-state index >= 15 is 0 Å². The van der Waals surface area contributed by atoms with E-state index in [2.05, 4.69) is 27.2 Å². The molecule has 3 heterocycles. The third kappa shape index (κ3) is 3.61. The van der Waals surface area contributed by atoms with Gasteiger partial charge in [0.25, 0.3) is 0 Å². The van der Waals surface area contributed by atoms with Crippen LogP contribution in [-0.2, 0) is 11.8 Å². The number of hydrogen-bond donors (Lipinski definition) is 1. The zero-order valence-corrected chi connectivity index (χ0v) is 18.9. The Bertz CT molecular complexity index is 1280. The van der Waals surface area contributed by atoms with Crippen molar-refractivity contribution in [2.24, 2.45) is 12.5 Å². The fourth-order valence-corrected chi connectivity index (χ4v) is 5.52. The highest BCUT2D eigenvalue weighted by atomic mass is 19.1. The van der Waals surface area contributed by atoms with Crippen molar-refractivity contribution in [2.75, 3.05) is 18.8 Å². The second kappa shape index (κ2) is 8.14. The maximum absolute atomic E-state index is 14.2. The van der Waals surface area contributed by atoms with Crippen LogP contribution in [0.5, 0.6) is 0 Å². The highest BCUT2D eigenvalue weighted by Gasteiger charge is 2.37. The van der Waals surface area contributed by atoms with E-state index in [1.165, 1.54) is 24.0 Å². The van der Waals surface area contributed by atoms with E-state index in [9.17, 15) is 9.18 Å². The number of hydrogen-bond acceptors (Lipinski definition) is 4. The Morgan fingerprint density at radius 3 is 2.70 bits per heavy atom. The molecule has 3 aromatic rings. The number of carbonyl (C=O) groups is 1. The topological polar surface area (TPSA) is 77.0 Å². The maximum atomic E-state index is 14.2. The zero-order valence-electron chi connectivity index (χ0n) is 18.9. The van der Waals surface area contributed by atoms with Gasteiger partial charge >= 0.3 is 0 Å². The first-order chi connectivity index (χ1) is 15.9. The molecular weight excluding hydrogens is 417 g/mol. The van der Waals surface area contributed by atoms with E-state index in [0.29, 0.717) is 5.82 Å². The van der Waals surface area contributed by atoms with E-state index in [1.54, 1.807) is 12.1 Å². The van der Waals surface area contributed by atoms with Crippen LogP contribution >= 0.6 is 0 Å². The number of rotatable bonds is 3. The van der Waals surface area contributed by atoms with E-state index in [-0.39, 0.29) is 17.1 Å². The summed E-state index contributed by atoms with van der Waals surface area (Å²) in [5.41, 5.74) is 11.2. The molecular formula is C26H28FN5O. The molecule has 170 valence electrons. The molecule has 1 aliphatic heterocycles. The van der Waals surface area contributed by atoms with Crippen molar-refractivity contribution in [3.63, 3.8) is 0 Å². The lowest BCUT2D eigenvalue weighted by molar-refractivity contribution is -0.128. The number of benzene rings is 1. The van der Waals surface area contributed by atoms with Crippen molar-refractivity contribution in [3.05, 3.63) is 60.8 Å². The number of carbonyl (C=O) groups excluding carboxylic acids is 1. The summed E-state index contributed by atoms with van der Waals surface area (Å²) in [7, 11) is 1.98. The van der Waals surface area contributed by atoms with Gasteiger partial charge in [0.2, 0.25) is 5.91 Å². The third-order valence-electron chi connectivity index (χ3n) is 7.43. The quantitative estimate of drug-likeness (QED) is 0.592. The van der Waals surface area contributed by atoms with Gasteiger partial charge in [-0.2, -0.15) is 0 Å². The Balaban J connectivity index is 1.54. The Labute approximate surface area is 192 Å². The minimum Gasteiger partial charge on any atom is -0.383 e. The summed E-state index contributed by atoms with van der Waals surface area (Å²) in [5.74, 6) is 0.127.